The first-order chi connectivity index (χ1) is 11.4. The fourth-order valence-corrected chi connectivity index (χ4v) is 2.13. The van der Waals surface area contributed by atoms with Gasteiger partial charge in [-0.15, -0.1) is 0 Å². The molecule has 0 fully saturated rings. The molecular weight excluding hydrogens is 330 g/mol. The van der Waals surface area contributed by atoms with E-state index in [0.717, 1.165) is 5.56 Å². The Balaban J connectivity index is 1.81. The van der Waals surface area contributed by atoms with Crippen LogP contribution < -0.4 is 10.1 Å². The van der Waals surface area contributed by atoms with Crippen LogP contribution in [0.1, 0.15) is 12.5 Å². The van der Waals surface area contributed by atoms with E-state index in [4.69, 9.17) is 21.1 Å². The zero-order chi connectivity index (χ0) is 17.5. The number of carbonyl (C=O) groups is 2. The molecule has 0 aliphatic rings. The van der Waals surface area contributed by atoms with Gasteiger partial charge in [-0.3, -0.25) is 4.79 Å². The lowest BCUT2D eigenvalue weighted by Gasteiger charge is -2.14. The zero-order valence-electron chi connectivity index (χ0n) is 13.4. The number of ether oxygens (including phenoxy) is 2. The van der Waals surface area contributed by atoms with Gasteiger partial charge in [0.05, 0.1) is 0 Å². The Labute approximate surface area is 145 Å². The highest BCUT2D eigenvalue weighted by Crippen LogP contribution is 2.17. The van der Waals surface area contributed by atoms with Crippen LogP contribution in [0, 0.1) is 6.92 Å². The van der Waals surface area contributed by atoms with Crippen LogP contribution in [0.3, 0.4) is 0 Å². The number of anilines is 1. The van der Waals surface area contributed by atoms with Crippen LogP contribution in [0.15, 0.2) is 48.5 Å². The number of aryl methyl sites for hydroxylation is 1. The Hall–Kier alpha value is -2.53. The van der Waals surface area contributed by atoms with Crippen molar-refractivity contribution in [2.45, 2.75) is 20.0 Å². The second kappa shape index (κ2) is 8.36. The summed E-state index contributed by atoms with van der Waals surface area (Å²) in [6.07, 6.45) is -0.930. The second-order valence-electron chi connectivity index (χ2n) is 5.24. The summed E-state index contributed by atoms with van der Waals surface area (Å²) in [7, 11) is 0. The number of hydrogen-bond acceptors (Lipinski definition) is 4. The van der Waals surface area contributed by atoms with Gasteiger partial charge < -0.3 is 14.8 Å². The van der Waals surface area contributed by atoms with Gasteiger partial charge in [0.2, 0.25) is 0 Å². The fourth-order valence-electron chi connectivity index (χ4n) is 1.95. The summed E-state index contributed by atoms with van der Waals surface area (Å²) in [6, 6.07) is 14.0. The lowest BCUT2D eigenvalue weighted by atomic mass is 10.2. The minimum absolute atomic E-state index is 0.303. The number of carbonyl (C=O) groups excluding carboxylic acids is 2. The van der Waals surface area contributed by atoms with E-state index in [2.05, 4.69) is 5.32 Å². The maximum absolute atomic E-state index is 12.0. The fraction of sp³-hybridized carbons (Fsp3) is 0.222. The molecule has 0 saturated carbocycles. The van der Waals surface area contributed by atoms with Gasteiger partial charge in [0.25, 0.3) is 5.91 Å². The number of hydrogen-bond donors (Lipinski definition) is 1. The highest BCUT2D eigenvalue weighted by atomic mass is 35.5. The van der Waals surface area contributed by atoms with Gasteiger partial charge in [-0.05, 0) is 49.7 Å². The second-order valence-corrected chi connectivity index (χ2v) is 5.67. The molecule has 5 nitrogen and oxygen atoms in total. The van der Waals surface area contributed by atoms with E-state index in [9.17, 15) is 9.59 Å². The molecule has 0 spiro atoms. The van der Waals surface area contributed by atoms with Crippen molar-refractivity contribution in [3.05, 3.63) is 59.1 Å². The first-order valence-corrected chi connectivity index (χ1v) is 7.77. The predicted octanol–water partition coefficient (Wildman–Crippen LogP) is 3.60. The molecule has 2 rings (SSSR count). The van der Waals surface area contributed by atoms with Crippen LogP contribution in [0.5, 0.6) is 5.75 Å². The van der Waals surface area contributed by atoms with Crippen LogP contribution in [-0.2, 0) is 14.3 Å². The molecule has 0 unspecified atom stereocenters. The molecule has 0 saturated heterocycles. The predicted molar refractivity (Wildman–Crippen MR) is 92.3 cm³/mol. The normalized spacial score (nSPS) is 11.5. The van der Waals surface area contributed by atoms with Gasteiger partial charge in [-0.2, -0.15) is 0 Å². The highest BCUT2D eigenvalue weighted by molar-refractivity contribution is 6.30. The summed E-state index contributed by atoms with van der Waals surface area (Å²) in [5.41, 5.74) is 1.67. The van der Waals surface area contributed by atoms with Gasteiger partial charge in [0, 0.05) is 10.7 Å². The number of halogens is 1. The number of nitrogens with one attached hydrogen (secondary N) is 1. The van der Waals surface area contributed by atoms with Crippen LogP contribution in [0.4, 0.5) is 5.69 Å². The summed E-state index contributed by atoms with van der Waals surface area (Å²) < 4.78 is 10.3. The molecular formula is C18H18ClNO4. The largest absolute Gasteiger partial charge is 0.482 e. The maximum Gasteiger partial charge on any atom is 0.344 e. The molecule has 1 N–H and O–H groups in total. The first-order valence-electron chi connectivity index (χ1n) is 7.39. The lowest BCUT2D eigenvalue weighted by Crippen LogP contribution is -2.31. The maximum atomic E-state index is 12.0. The van der Waals surface area contributed by atoms with E-state index in [0.29, 0.717) is 16.5 Å². The standard InChI is InChI=1S/C18H18ClNO4/c1-12-5-3-7-15(9-12)20-18(22)13(2)24-17(21)11-23-16-8-4-6-14(19)10-16/h3-10,13H,11H2,1-2H3,(H,20,22)/t13-/m1/s1. The molecule has 0 aromatic heterocycles. The third kappa shape index (κ3) is 5.59. The smallest absolute Gasteiger partial charge is 0.344 e. The molecule has 0 aliphatic heterocycles. The Bertz CT molecular complexity index is 732. The monoisotopic (exact) mass is 347 g/mol. The molecule has 0 radical (unpaired) electrons. The van der Waals surface area contributed by atoms with Gasteiger partial charge in [-0.1, -0.05) is 29.8 Å². The van der Waals surface area contributed by atoms with Crippen molar-refractivity contribution in [3.63, 3.8) is 0 Å². The van der Waals surface area contributed by atoms with Crippen LogP contribution in [0.2, 0.25) is 5.02 Å². The van der Waals surface area contributed by atoms with Crippen molar-refractivity contribution < 1.29 is 19.1 Å². The minimum atomic E-state index is -0.930. The molecule has 126 valence electrons. The molecule has 6 heteroatoms. The average molecular weight is 348 g/mol. The van der Waals surface area contributed by atoms with Crippen molar-refractivity contribution in [1.82, 2.24) is 0 Å². The number of benzene rings is 2. The molecule has 0 heterocycles. The molecule has 0 bridgehead atoms. The Morgan fingerprint density at radius 2 is 1.92 bits per heavy atom. The zero-order valence-corrected chi connectivity index (χ0v) is 14.2. The van der Waals surface area contributed by atoms with Gasteiger partial charge in [0.15, 0.2) is 12.7 Å². The van der Waals surface area contributed by atoms with Gasteiger partial charge >= 0.3 is 5.97 Å². The Morgan fingerprint density at radius 1 is 1.17 bits per heavy atom. The van der Waals surface area contributed by atoms with Crippen molar-refractivity contribution in [2.75, 3.05) is 11.9 Å². The number of amides is 1. The number of esters is 1. The molecule has 2 aromatic rings. The van der Waals surface area contributed by atoms with E-state index in [1.165, 1.54) is 6.92 Å². The van der Waals surface area contributed by atoms with Gasteiger partial charge in [-0.25, -0.2) is 4.79 Å². The van der Waals surface area contributed by atoms with Crippen LogP contribution in [0.25, 0.3) is 0 Å². The average Bonchev–Trinajstić information content (AvgIpc) is 2.53. The van der Waals surface area contributed by atoms with Crippen molar-refractivity contribution in [1.29, 1.82) is 0 Å². The highest BCUT2D eigenvalue weighted by Gasteiger charge is 2.18. The minimum Gasteiger partial charge on any atom is -0.482 e. The summed E-state index contributed by atoms with van der Waals surface area (Å²) in [5.74, 6) is -0.588. The van der Waals surface area contributed by atoms with Crippen LogP contribution >= 0.6 is 11.6 Å². The summed E-state index contributed by atoms with van der Waals surface area (Å²) >= 11 is 5.83. The summed E-state index contributed by atoms with van der Waals surface area (Å²) in [4.78, 5) is 23.8. The van der Waals surface area contributed by atoms with E-state index in [-0.39, 0.29) is 6.61 Å². The van der Waals surface area contributed by atoms with E-state index in [1.807, 2.05) is 25.1 Å². The molecule has 24 heavy (non-hydrogen) atoms. The molecule has 2 aromatic carbocycles. The molecule has 1 atom stereocenters. The van der Waals surface area contributed by atoms with Crippen molar-refractivity contribution in [3.8, 4) is 5.75 Å². The quantitative estimate of drug-likeness (QED) is 0.811. The third-order valence-corrected chi connectivity index (χ3v) is 3.35. The summed E-state index contributed by atoms with van der Waals surface area (Å²) in [6.45, 7) is 3.12. The van der Waals surface area contributed by atoms with E-state index < -0.39 is 18.0 Å². The third-order valence-electron chi connectivity index (χ3n) is 3.12. The first kappa shape index (κ1) is 17.8. The van der Waals surface area contributed by atoms with E-state index in [1.54, 1.807) is 30.3 Å². The SMILES string of the molecule is Cc1cccc(NC(=O)[C@@H](C)OC(=O)COc2cccc(Cl)c2)c1. The lowest BCUT2D eigenvalue weighted by molar-refractivity contribution is -0.155. The molecule has 0 aliphatic carbocycles. The Kier molecular flexibility index (Phi) is 6.21. The van der Waals surface area contributed by atoms with Crippen molar-refractivity contribution in [2.24, 2.45) is 0 Å². The Morgan fingerprint density at radius 3 is 2.62 bits per heavy atom. The summed E-state index contributed by atoms with van der Waals surface area (Å²) in [5, 5.41) is 3.20. The van der Waals surface area contributed by atoms with Crippen molar-refractivity contribution >= 4 is 29.2 Å². The topological polar surface area (TPSA) is 64.6 Å². The number of rotatable bonds is 6. The van der Waals surface area contributed by atoms with E-state index >= 15 is 0 Å². The van der Waals surface area contributed by atoms with Crippen LogP contribution in [-0.4, -0.2) is 24.6 Å². The molecule has 1 amide bonds. The van der Waals surface area contributed by atoms with Gasteiger partial charge in [0.1, 0.15) is 5.75 Å².